The van der Waals surface area contributed by atoms with Crippen LogP contribution in [-0.2, 0) is 6.42 Å². The zero-order valence-corrected chi connectivity index (χ0v) is 12.2. The summed E-state index contributed by atoms with van der Waals surface area (Å²) in [7, 11) is 0. The second-order valence-corrected chi connectivity index (χ2v) is 5.78. The zero-order valence-electron chi connectivity index (χ0n) is 10.6. The smallest absolute Gasteiger partial charge is 0.129 e. The lowest BCUT2D eigenvalue weighted by molar-refractivity contribution is 0.288. The van der Waals surface area contributed by atoms with Crippen LogP contribution >= 0.6 is 23.2 Å². The molecule has 4 heteroatoms. The van der Waals surface area contributed by atoms with E-state index >= 15 is 0 Å². The average Bonchev–Trinajstić information content (AvgIpc) is 2.32. The quantitative estimate of drug-likeness (QED) is 0.647. The maximum absolute atomic E-state index is 13.7. The standard InChI is InChI=1S/C14H18Cl2F2/c1-10(2)6-14(8-15,9-16)7-11-12(17)4-3-5-13(11)18/h3-5,10H,6-9H2,1-2H3. The number of halogens is 4. The van der Waals surface area contributed by atoms with Crippen LogP contribution in [0.4, 0.5) is 8.78 Å². The molecule has 0 fully saturated rings. The number of benzene rings is 1. The molecule has 18 heavy (non-hydrogen) atoms. The lowest BCUT2D eigenvalue weighted by atomic mass is 9.78. The van der Waals surface area contributed by atoms with Gasteiger partial charge in [-0.2, -0.15) is 0 Å². The van der Waals surface area contributed by atoms with Crippen LogP contribution in [0.3, 0.4) is 0 Å². The molecule has 0 N–H and O–H groups in total. The summed E-state index contributed by atoms with van der Waals surface area (Å²) in [6, 6.07) is 3.89. The molecule has 0 nitrogen and oxygen atoms in total. The van der Waals surface area contributed by atoms with Crippen LogP contribution in [0, 0.1) is 23.0 Å². The number of alkyl halides is 2. The molecule has 0 atom stereocenters. The molecule has 1 aromatic carbocycles. The largest absolute Gasteiger partial charge is 0.207 e. The van der Waals surface area contributed by atoms with Gasteiger partial charge in [0.1, 0.15) is 11.6 Å². The molecule has 0 saturated carbocycles. The van der Waals surface area contributed by atoms with Gasteiger partial charge in [-0.3, -0.25) is 0 Å². The van der Waals surface area contributed by atoms with Crippen molar-refractivity contribution in [2.75, 3.05) is 11.8 Å². The predicted molar refractivity (Wildman–Crippen MR) is 73.4 cm³/mol. The molecule has 0 aromatic heterocycles. The SMILES string of the molecule is CC(C)CC(CCl)(CCl)Cc1c(F)cccc1F. The van der Waals surface area contributed by atoms with Crippen LogP contribution in [0.1, 0.15) is 25.8 Å². The summed E-state index contributed by atoms with van der Waals surface area (Å²) in [5.74, 6) is -0.0978. The third-order valence-electron chi connectivity index (χ3n) is 3.02. The number of hydrogen-bond donors (Lipinski definition) is 0. The van der Waals surface area contributed by atoms with Gasteiger partial charge >= 0.3 is 0 Å². The molecule has 0 unspecified atom stereocenters. The van der Waals surface area contributed by atoms with E-state index < -0.39 is 17.0 Å². The van der Waals surface area contributed by atoms with Gasteiger partial charge in [0.05, 0.1) is 0 Å². The minimum Gasteiger partial charge on any atom is -0.207 e. The van der Waals surface area contributed by atoms with Crippen molar-refractivity contribution in [3.8, 4) is 0 Å². The van der Waals surface area contributed by atoms with Crippen molar-refractivity contribution in [2.24, 2.45) is 11.3 Å². The minimum atomic E-state index is -0.529. The van der Waals surface area contributed by atoms with Gasteiger partial charge in [-0.1, -0.05) is 19.9 Å². The van der Waals surface area contributed by atoms with Gasteiger partial charge in [-0.25, -0.2) is 8.78 Å². The molecule has 0 aliphatic carbocycles. The van der Waals surface area contributed by atoms with E-state index in [1.807, 2.05) is 13.8 Å². The van der Waals surface area contributed by atoms with E-state index in [4.69, 9.17) is 23.2 Å². The van der Waals surface area contributed by atoms with Crippen molar-refractivity contribution in [3.05, 3.63) is 35.4 Å². The molecular formula is C14H18Cl2F2. The Balaban J connectivity index is 3.03. The Labute approximate surface area is 117 Å². The second-order valence-electron chi connectivity index (χ2n) is 5.24. The summed E-state index contributed by atoms with van der Waals surface area (Å²) in [5.41, 5.74) is -0.375. The lowest BCUT2D eigenvalue weighted by Gasteiger charge is -2.31. The van der Waals surface area contributed by atoms with E-state index in [9.17, 15) is 8.78 Å². The van der Waals surface area contributed by atoms with Crippen LogP contribution in [-0.4, -0.2) is 11.8 Å². The highest BCUT2D eigenvalue weighted by molar-refractivity contribution is 6.21. The highest BCUT2D eigenvalue weighted by Gasteiger charge is 2.31. The normalized spacial score (nSPS) is 12.2. The van der Waals surface area contributed by atoms with E-state index in [-0.39, 0.29) is 12.0 Å². The fourth-order valence-electron chi connectivity index (χ4n) is 2.25. The van der Waals surface area contributed by atoms with E-state index in [1.54, 1.807) is 0 Å². The molecule has 0 radical (unpaired) electrons. The van der Waals surface area contributed by atoms with Crippen LogP contribution in [0.2, 0.25) is 0 Å². The predicted octanol–water partition coefficient (Wildman–Crippen LogP) is 5.02. The average molecular weight is 295 g/mol. The molecule has 1 rings (SSSR count). The molecule has 0 heterocycles. The molecule has 0 spiro atoms. The van der Waals surface area contributed by atoms with Crippen LogP contribution in [0.5, 0.6) is 0 Å². The molecule has 0 bridgehead atoms. The Hall–Kier alpha value is -0.340. The fraction of sp³-hybridized carbons (Fsp3) is 0.571. The highest BCUT2D eigenvalue weighted by Crippen LogP contribution is 2.35. The van der Waals surface area contributed by atoms with Gasteiger partial charge in [0.2, 0.25) is 0 Å². The Morgan fingerprint density at radius 3 is 2.00 bits per heavy atom. The van der Waals surface area contributed by atoms with Gasteiger partial charge in [-0.15, -0.1) is 23.2 Å². The van der Waals surface area contributed by atoms with E-state index in [1.165, 1.54) is 18.2 Å². The van der Waals surface area contributed by atoms with E-state index in [2.05, 4.69) is 0 Å². The minimum absolute atomic E-state index is 0.0828. The van der Waals surface area contributed by atoms with Crippen molar-refractivity contribution in [1.29, 1.82) is 0 Å². The molecule has 0 saturated heterocycles. The van der Waals surface area contributed by atoms with E-state index in [0.29, 0.717) is 17.7 Å². The first-order valence-electron chi connectivity index (χ1n) is 5.99. The summed E-state index contributed by atoms with van der Waals surface area (Å²) >= 11 is 12.0. The zero-order chi connectivity index (χ0) is 13.8. The Bertz CT molecular complexity index is 367. The second kappa shape index (κ2) is 6.72. The van der Waals surface area contributed by atoms with Crippen LogP contribution in [0.15, 0.2) is 18.2 Å². The Morgan fingerprint density at radius 1 is 1.11 bits per heavy atom. The lowest BCUT2D eigenvalue weighted by Crippen LogP contribution is -2.30. The Kier molecular flexibility index (Phi) is 5.87. The highest BCUT2D eigenvalue weighted by atomic mass is 35.5. The summed E-state index contributed by atoms with van der Waals surface area (Å²) in [5, 5.41) is 0. The summed E-state index contributed by atoms with van der Waals surface area (Å²) < 4.78 is 27.3. The molecule has 0 aliphatic heterocycles. The third kappa shape index (κ3) is 3.83. The molecule has 0 amide bonds. The molecular weight excluding hydrogens is 277 g/mol. The van der Waals surface area contributed by atoms with Crippen molar-refractivity contribution >= 4 is 23.2 Å². The van der Waals surface area contributed by atoms with Crippen molar-refractivity contribution in [3.63, 3.8) is 0 Å². The first-order chi connectivity index (χ1) is 8.44. The van der Waals surface area contributed by atoms with Gasteiger partial charge in [0.15, 0.2) is 0 Å². The van der Waals surface area contributed by atoms with Gasteiger partial charge in [0, 0.05) is 22.7 Å². The van der Waals surface area contributed by atoms with Crippen molar-refractivity contribution < 1.29 is 8.78 Å². The third-order valence-corrected chi connectivity index (χ3v) is 4.16. The van der Waals surface area contributed by atoms with Crippen molar-refractivity contribution in [2.45, 2.75) is 26.7 Å². The molecule has 102 valence electrons. The summed E-state index contributed by atoms with van der Waals surface area (Å²) in [4.78, 5) is 0. The topological polar surface area (TPSA) is 0 Å². The summed E-state index contributed by atoms with van der Waals surface area (Å²) in [6.45, 7) is 4.09. The van der Waals surface area contributed by atoms with Gasteiger partial charge in [0.25, 0.3) is 0 Å². The maximum atomic E-state index is 13.7. The number of hydrogen-bond acceptors (Lipinski definition) is 0. The molecule has 1 aromatic rings. The first kappa shape index (κ1) is 15.7. The van der Waals surface area contributed by atoms with Crippen LogP contribution in [0.25, 0.3) is 0 Å². The van der Waals surface area contributed by atoms with Crippen LogP contribution < -0.4 is 0 Å². The monoisotopic (exact) mass is 294 g/mol. The van der Waals surface area contributed by atoms with Crippen molar-refractivity contribution in [1.82, 2.24) is 0 Å². The van der Waals surface area contributed by atoms with E-state index in [0.717, 1.165) is 6.42 Å². The number of rotatable bonds is 6. The van der Waals surface area contributed by atoms with Gasteiger partial charge in [-0.05, 0) is 30.9 Å². The fourth-order valence-corrected chi connectivity index (χ4v) is 2.95. The Morgan fingerprint density at radius 2 is 1.61 bits per heavy atom. The first-order valence-corrected chi connectivity index (χ1v) is 7.06. The summed E-state index contributed by atoms with van der Waals surface area (Å²) in [6.07, 6.45) is 0.977. The van der Waals surface area contributed by atoms with Gasteiger partial charge < -0.3 is 0 Å². The molecule has 0 aliphatic rings. The maximum Gasteiger partial charge on any atom is 0.129 e.